The molecule has 0 bridgehead atoms. The van der Waals surface area contributed by atoms with Gasteiger partial charge in [0.2, 0.25) is 0 Å². The Morgan fingerprint density at radius 2 is 2.00 bits per heavy atom. The third-order valence-electron chi connectivity index (χ3n) is 2.26. The molecular weight excluding hydrogens is 188 g/mol. The lowest BCUT2D eigenvalue weighted by molar-refractivity contribution is 0.103. The number of hydrogen-bond donors (Lipinski definition) is 0. The van der Waals surface area contributed by atoms with Crippen molar-refractivity contribution in [1.29, 1.82) is 0 Å². The van der Waals surface area contributed by atoms with Gasteiger partial charge in [-0.25, -0.2) is 0 Å². The van der Waals surface area contributed by atoms with Gasteiger partial charge in [0.25, 0.3) is 0 Å². The van der Waals surface area contributed by atoms with Crippen LogP contribution < -0.4 is 0 Å². The molecule has 3 heteroatoms. The molecule has 0 saturated carbocycles. The Kier molecular flexibility index (Phi) is 2.63. The molecule has 0 fully saturated rings. The van der Waals surface area contributed by atoms with Crippen molar-refractivity contribution in [3.05, 3.63) is 53.9 Å². The minimum Gasteiger partial charge on any atom is -0.288 e. The Morgan fingerprint density at radius 1 is 1.27 bits per heavy atom. The first kappa shape index (κ1) is 9.65. The Hall–Kier alpha value is -1.90. The molecule has 2 aromatic rings. The van der Waals surface area contributed by atoms with Gasteiger partial charge in [-0.15, -0.1) is 0 Å². The highest BCUT2D eigenvalue weighted by Gasteiger charge is 2.09. The van der Waals surface area contributed by atoms with E-state index < -0.39 is 0 Å². The van der Waals surface area contributed by atoms with Crippen molar-refractivity contribution in [2.45, 2.75) is 13.5 Å². The number of ketones is 1. The van der Waals surface area contributed by atoms with E-state index in [1.165, 1.54) is 0 Å². The zero-order chi connectivity index (χ0) is 10.7. The van der Waals surface area contributed by atoms with Crippen LogP contribution in [-0.2, 0) is 6.54 Å². The topological polar surface area (TPSA) is 34.9 Å². The molecule has 0 saturated heterocycles. The number of carbonyl (C=O) groups is 1. The molecule has 0 N–H and O–H groups in total. The number of carbonyl (C=O) groups excluding carboxylic acids is 1. The van der Waals surface area contributed by atoms with Crippen LogP contribution in [0.2, 0.25) is 0 Å². The van der Waals surface area contributed by atoms with Gasteiger partial charge in [-0.1, -0.05) is 30.3 Å². The third-order valence-corrected chi connectivity index (χ3v) is 2.26. The van der Waals surface area contributed by atoms with Crippen LogP contribution in [-0.4, -0.2) is 15.6 Å². The fourth-order valence-corrected chi connectivity index (χ4v) is 1.41. The fraction of sp³-hybridized carbons (Fsp3) is 0.167. The Labute approximate surface area is 88.4 Å². The quantitative estimate of drug-likeness (QED) is 0.711. The van der Waals surface area contributed by atoms with E-state index in [4.69, 9.17) is 0 Å². The molecule has 15 heavy (non-hydrogen) atoms. The monoisotopic (exact) mass is 200 g/mol. The molecule has 0 amide bonds. The van der Waals surface area contributed by atoms with Gasteiger partial charge in [-0.3, -0.25) is 9.48 Å². The lowest BCUT2D eigenvalue weighted by Gasteiger charge is -1.96. The van der Waals surface area contributed by atoms with Gasteiger partial charge in [0.05, 0.1) is 11.8 Å². The second kappa shape index (κ2) is 4.09. The Morgan fingerprint density at radius 3 is 2.60 bits per heavy atom. The molecule has 3 nitrogen and oxygen atoms in total. The molecular formula is C12H12N2O. The number of hydrogen-bond acceptors (Lipinski definition) is 2. The standard InChI is InChI=1S/C12H12N2O/c1-2-14-9-11(8-13-14)12(15)10-6-4-3-5-7-10/h3-9H,2H2,1H3. The van der Waals surface area contributed by atoms with Gasteiger partial charge in [0.15, 0.2) is 5.78 Å². The molecule has 2 rings (SSSR count). The maximum Gasteiger partial charge on any atom is 0.196 e. The Balaban J connectivity index is 2.29. The summed E-state index contributed by atoms with van der Waals surface area (Å²) in [5, 5.41) is 4.08. The smallest absolute Gasteiger partial charge is 0.196 e. The maximum absolute atomic E-state index is 11.9. The highest BCUT2D eigenvalue weighted by atomic mass is 16.1. The van der Waals surface area contributed by atoms with Crippen LogP contribution in [0.4, 0.5) is 0 Å². The van der Waals surface area contributed by atoms with Crippen molar-refractivity contribution in [1.82, 2.24) is 9.78 Å². The summed E-state index contributed by atoms with van der Waals surface area (Å²) >= 11 is 0. The predicted octanol–water partition coefficient (Wildman–Crippen LogP) is 2.13. The van der Waals surface area contributed by atoms with E-state index in [-0.39, 0.29) is 5.78 Å². The second-order valence-corrected chi connectivity index (χ2v) is 3.28. The SMILES string of the molecule is CCn1cc(C(=O)c2ccccc2)cn1. The summed E-state index contributed by atoms with van der Waals surface area (Å²) in [6.45, 7) is 2.77. The van der Waals surface area contributed by atoms with Crippen LogP contribution in [0.25, 0.3) is 0 Å². The number of benzene rings is 1. The molecule has 0 atom stereocenters. The van der Waals surface area contributed by atoms with Crippen LogP contribution in [0, 0.1) is 0 Å². The molecule has 0 aliphatic rings. The second-order valence-electron chi connectivity index (χ2n) is 3.28. The molecule has 1 aromatic heterocycles. The highest BCUT2D eigenvalue weighted by molar-refractivity contribution is 6.08. The van der Waals surface area contributed by atoms with Crippen molar-refractivity contribution >= 4 is 5.78 Å². The first-order chi connectivity index (χ1) is 7.31. The molecule has 1 aromatic carbocycles. The largest absolute Gasteiger partial charge is 0.288 e. The van der Waals surface area contributed by atoms with E-state index in [9.17, 15) is 4.79 Å². The normalized spacial score (nSPS) is 10.2. The summed E-state index contributed by atoms with van der Waals surface area (Å²) in [4.78, 5) is 11.9. The summed E-state index contributed by atoms with van der Waals surface area (Å²) in [6, 6.07) is 9.23. The van der Waals surface area contributed by atoms with E-state index in [2.05, 4.69) is 5.10 Å². The number of aryl methyl sites for hydroxylation is 1. The molecule has 0 aliphatic heterocycles. The average molecular weight is 200 g/mol. The van der Waals surface area contributed by atoms with Crippen LogP contribution in [0.15, 0.2) is 42.7 Å². The number of aromatic nitrogens is 2. The highest BCUT2D eigenvalue weighted by Crippen LogP contribution is 2.08. The van der Waals surface area contributed by atoms with Gasteiger partial charge in [0.1, 0.15) is 0 Å². The number of rotatable bonds is 3. The zero-order valence-corrected chi connectivity index (χ0v) is 8.55. The predicted molar refractivity (Wildman–Crippen MR) is 57.8 cm³/mol. The first-order valence-electron chi connectivity index (χ1n) is 4.93. The van der Waals surface area contributed by atoms with Gasteiger partial charge >= 0.3 is 0 Å². The van der Waals surface area contributed by atoms with Gasteiger partial charge < -0.3 is 0 Å². The summed E-state index contributed by atoms with van der Waals surface area (Å²) in [6.07, 6.45) is 3.38. The number of nitrogens with zero attached hydrogens (tertiary/aromatic N) is 2. The van der Waals surface area contributed by atoms with Crippen LogP contribution in [0.3, 0.4) is 0 Å². The van der Waals surface area contributed by atoms with Crippen molar-refractivity contribution in [2.24, 2.45) is 0 Å². The van der Waals surface area contributed by atoms with Crippen LogP contribution >= 0.6 is 0 Å². The average Bonchev–Trinajstić information content (AvgIpc) is 2.78. The lowest BCUT2D eigenvalue weighted by Crippen LogP contribution is -1.99. The fourth-order valence-electron chi connectivity index (χ4n) is 1.41. The van der Waals surface area contributed by atoms with E-state index in [1.54, 1.807) is 17.1 Å². The summed E-state index contributed by atoms with van der Waals surface area (Å²) in [5.74, 6) is 0.0234. The van der Waals surface area contributed by atoms with E-state index in [0.29, 0.717) is 11.1 Å². The van der Waals surface area contributed by atoms with Crippen molar-refractivity contribution in [3.8, 4) is 0 Å². The minimum atomic E-state index is 0.0234. The van der Waals surface area contributed by atoms with E-state index in [1.807, 2.05) is 37.3 Å². The van der Waals surface area contributed by atoms with E-state index in [0.717, 1.165) is 6.54 Å². The third kappa shape index (κ3) is 1.96. The molecule has 0 unspecified atom stereocenters. The molecule has 1 heterocycles. The van der Waals surface area contributed by atoms with Crippen molar-refractivity contribution in [2.75, 3.05) is 0 Å². The van der Waals surface area contributed by atoms with Crippen molar-refractivity contribution in [3.63, 3.8) is 0 Å². The summed E-state index contributed by atoms with van der Waals surface area (Å²) in [7, 11) is 0. The maximum atomic E-state index is 11.9. The van der Waals surface area contributed by atoms with Gasteiger partial charge in [0, 0.05) is 18.3 Å². The lowest BCUT2D eigenvalue weighted by atomic mass is 10.1. The van der Waals surface area contributed by atoms with Gasteiger partial charge in [-0.2, -0.15) is 5.10 Å². The summed E-state index contributed by atoms with van der Waals surface area (Å²) in [5.41, 5.74) is 1.34. The van der Waals surface area contributed by atoms with Gasteiger partial charge in [-0.05, 0) is 6.92 Å². The summed E-state index contributed by atoms with van der Waals surface area (Å²) < 4.78 is 1.75. The zero-order valence-electron chi connectivity index (χ0n) is 8.55. The van der Waals surface area contributed by atoms with Crippen molar-refractivity contribution < 1.29 is 4.79 Å². The minimum absolute atomic E-state index is 0.0234. The van der Waals surface area contributed by atoms with Crippen LogP contribution in [0.1, 0.15) is 22.8 Å². The Bertz CT molecular complexity index is 459. The molecule has 76 valence electrons. The molecule has 0 spiro atoms. The molecule has 0 aliphatic carbocycles. The van der Waals surface area contributed by atoms with Crippen LogP contribution in [0.5, 0.6) is 0 Å². The van der Waals surface area contributed by atoms with E-state index >= 15 is 0 Å². The molecule has 0 radical (unpaired) electrons. The first-order valence-corrected chi connectivity index (χ1v) is 4.93.